The van der Waals surface area contributed by atoms with Crippen LogP contribution in [0, 0.1) is 0 Å². The Labute approximate surface area is 160 Å². The highest BCUT2D eigenvalue weighted by Crippen LogP contribution is 2.33. The second-order valence-electron chi connectivity index (χ2n) is 5.62. The van der Waals surface area contributed by atoms with Gasteiger partial charge in [-0.3, -0.25) is 4.79 Å². The van der Waals surface area contributed by atoms with Gasteiger partial charge in [-0.05, 0) is 35.0 Å². The van der Waals surface area contributed by atoms with Crippen molar-refractivity contribution in [3.8, 4) is 11.5 Å². The molecule has 0 saturated heterocycles. The number of halogens is 1. The lowest BCUT2D eigenvalue weighted by Crippen LogP contribution is -2.09. The lowest BCUT2D eigenvalue weighted by molar-refractivity contribution is -0.142. The maximum atomic E-state index is 11.8. The molecule has 0 atom stereocenters. The van der Waals surface area contributed by atoms with Crippen LogP contribution in [0.15, 0.2) is 51.6 Å². The van der Waals surface area contributed by atoms with E-state index in [9.17, 15) is 4.79 Å². The standard InChI is InChI=1S/C20H19BrO5/c1-3-24-20(22)8-13-6-4-5-7-17(13)25-11-14-12-26-18-10-19(23-2)16(21)9-15(14)18/h4-7,9-10,12H,3,8,11H2,1-2H3. The monoisotopic (exact) mass is 418 g/mol. The van der Waals surface area contributed by atoms with Crippen LogP contribution in [0.5, 0.6) is 11.5 Å². The van der Waals surface area contributed by atoms with Crippen molar-refractivity contribution in [1.82, 2.24) is 0 Å². The SMILES string of the molecule is CCOC(=O)Cc1ccccc1OCc1coc2cc(OC)c(Br)cc12. The van der Waals surface area contributed by atoms with Crippen LogP contribution in [0.2, 0.25) is 0 Å². The van der Waals surface area contributed by atoms with Gasteiger partial charge in [-0.2, -0.15) is 0 Å². The molecule has 0 unspecified atom stereocenters. The molecule has 0 N–H and O–H groups in total. The number of fused-ring (bicyclic) bond motifs is 1. The van der Waals surface area contributed by atoms with Gasteiger partial charge in [0.1, 0.15) is 23.7 Å². The summed E-state index contributed by atoms with van der Waals surface area (Å²) in [4.78, 5) is 11.8. The van der Waals surface area contributed by atoms with E-state index in [0.717, 1.165) is 26.6 Å². The van der Waals surface area contributed by atoms with Crippen LogP contribution in [0.1, 0.15) is 18.1 Å². The molecular weight excluding hydrogens is 400 g/mol. The van der Waals surface area contributed by atoms with Crippen LogP contribution in [-0.4, -0.2) is 19.7 Å². The third kappa shape index (κ3) is 4.02. The highest BCUT2D eigenvalue weighted by molar-refractivity contribution is 9.10. The van der Waals surface area contributed by atoms with Gasteiger partial charge in [-0.25, -0.2) is 0 Å². The predicted octanol–water partition coefficient (Wildman–Crippen LogP) is 4.89. The van der Waals surface area contributed by atoms with Gasteiger partial charge in [-0.1, -0.05) is 18.2 Å². The van der Waals surface area contributed by atoms with Gasteiger partial charge in [0.25, 0.3) is 0 Å². The van der Waals surface area contributed by atoms with E-state index in [1.807, 2.05) is 36.4 Å². The third-order valence-corrected chi connectivity index (χ3v) is 4.54. The molecule has 0 amide bonds. The van der Waals surface area contributed by atoms with Crippen LogP contribution in [0.25, 0.3) is 11.0 Å². The quantitative estimate of drug-likeness (QED) is 0.511. The maximum Gasteiger partial charge on any atom is 0.310 e. The molecule has 0 radical (unpaired) electrons. The second kappa shape index (κ2) is 8.27. The Morgan fingerprint density at radius 2 is 1.96 bits per heavy atom. The molecule has 0 aliphatic heterocycles. The Morgan fingerprint density at radius 1 is 1.15 bits per heavy atom. The topological polar surface area (TPSA) is 57.9 Å². The fourth-order valence-electron chi connectivity index (χ4n) is 2.66. The van der Waals surface area contributed by atoms with Crippen LogP contribution >= 0.6 is 15.9 Å². The van der Waals surface area contributed by atoms with Gasteiger partial charge in [0, 0.05) is 22.6 Å². The molecule has 0 fully saturated rings. The molecule has 26 heavy (non-hydrogen) atoms. The zero-order valence-electron chi connectivity index (χ0n) is 14.6. The van der Waals surface area contributed by atoms with Gasteiger partial charge >= 0.3 is 5.97 Å². The van der Waals surface area contributed by atoms with E-state index in [1.165, 1.54) is 0 Å². The molecule has 0 aliphatic carbocycles. The first-order valence-electron chi connectivity index (χ1n) is 8.22. The summed E-state index contributed by atoms with van der Waals surface area (Å²) in [5, 5.41) is 0.945. The number of methoxy groups -OCH3 is 1. The maximum absolute atomic E-state index is 11.8. The van der Waals surface area contributed by atoms with Crippen LogP contribution < -0.4 is 9.47 Å². The van der Waals surface area contributed by atoms with Gasteiger partial charge in [0.2, 0.25) is 0 Å². The number of furan rings is 1. The minimum atomic E-state index is -0.270. The van der Waals surface area contributed by atoms with Crippen molar-refractivity contribution < 1.29 is 23.4 Å². The largest absolute Gasteiger partial charge is 0.495 e. The molecule has 6 heteroatoms. The fourth-order valence-corrected chi connectivity index (χ4v) is 3.17. The number of carbonyl (C=O) groups excluding carboxylic acids is 1. The average Bonchev–Trinajstić information content (AvgIpc) is 3.02. The number of para-hydroxylation sites is 1. The smallest absolute Gasteiger partial charge is 0.310 e. The highest BCUT2D eigenvalue weighted by Gasteiger charge is 2.13. The van der Waals surface area contributed by atoms with Crippen molar-refractivity contribution in [2.24, 2.45) is 0 Å². The third-order valence-electron chi connectivity index (χ3n) is 3.92. The molecule has 0 spiro atoms. The van der Waals surface area contributed by atoms with E-state index in [2.05, 4.69) is 15.9 Å². The van der Waals surface area contributed by atoms with Gasteiger partial charge in [0.05, 0.1) is 30.9 Å². The Morgan fingerprint density at radius 3 is 2.73 bits per heavy atom. The first-order valence-corrected chi connectivity index (χ1v) is 9.01. The number of rotatable bonds is 7. The number of carbonyl (C=O) groups is 1. The molecule has 0 aliphatic rings. The molecule has 136 valence electrons. The summed E-state index contributed by atoms with van der Waals surface area (Å²) >= 11 is 3.49. The van der Waals surface area contributed by atoms with Gasteiger partial charge in [-0.15, -0.1) is 0 Å². The lowest BCUT2D eigenvalue weighted by Gasteiger charge is -2.11. The van der Waals surface area contributed by atoms with E-state index in [-0.39, 0.29) is 12.4 Å². The van der Waals surface area contributed by atoms with E-state index in [0.29, 0.717) is 24.7 Å². The van der Waals surface area contributed by atoms with Gasteiger partial charge < -0.3 is 18.6 Å². The summed E-state index contributed by atoms with van der Waals surface area (Å²) in [5.41, 5.74) is 2.43. The summed E-state index contributed by atoms with van der Waals surface area (Å²) < 4.78 is 22.7. The van der Waals surface area contributed by atoms with Crippen molar-refractivity contribution in [3.05, 3.63) is 58.3 Å². The van der Waals surface area contributed by atoms with Crippen molar-refractivity contribution in [2.75, 3.05) is 13.7 Å². The average molecular weight is 419 g/mol. The van der Waals surface area contributed by atoms with Crippen molar-refractivity contribution in [3.63, 3.8) is 0 Å². The summed E-state index contributed by atoms with van der Waals surface area (Å²) in [6, 6.07) is 11.2. The van der Waals surface area contributed by atoms with Crippen molar-refractivity contribution in [1.29, 1.82) is 0 Å². The number of benzene rings is 2. The Bertz CT molecular complexity index is 916. The van der Waals surface area contributed by atoms with Crippen LogP contribution in [-0.2, 0) is 22.6 Å². The van der Waals surface area contributed by atoms with E-state index in [4.69, 9.17) is 18.6 Å². The van der Waals surface area contributed by atoms with Crippen molar-refractivity contribution in [2.45, 2.75) is 20.0 Å². The Kier molecular flexibility index (Phi) is 5.83. The summed E-state index contributed by atoms with van der Waals surface area (Å²) in [5.74, 6) is 1.09. The molecular formula is C20H19BrO5. The minimum Gasteiger partial charge on any atom is -0.495 e. The normalized spacial score (nSPS) is 10.7. The Hall–Kier alpha value is -2.47. The van der Waals surface area contributed by atoms with E-state index >= 15 is 0 Å². The lowest BCUT2D eigenvalue weighted by atomic mass is 10.1. The summed E-state index contributed by atoms with van der Waals surface area (Å²) in [6.07, 6.45) is 1.85. The number of ether oxygens (including phenoxy) is 3. The van der Waals surface area contributed by atoms with Crippen molar-refractivity contribution >= 4 is 32.9 Å². The number of hydrogen-bond donors (Lipinski definition) is 0. The molecule has 3 rings (SSSR count). The van der Waals surface area contributed by atoms with E-state index in [1.54, 1.807) is 20.3 Å². The zero-order valence-corrected chi connectivity index (χ0v) is 16.2. The van der Waals surface area contributed by atoms with E-state index < -0.39 is 0 Å². The van der Waals surface area contributed by atoms with Crippen LogP contribution in [0.4, 0.5) is 0 Å². The molecule has 3 aromatic rings. The minimum absolute atomic E-state index is 0.179. The molecule has 1 heterocycles. The van der Waals surface area contributed by atoms with Crippen LogP contribution in [0.3, 0.4) is 0 Å². The highest BCUT2D eigenvalue weighted by atomic mass is 79.9. The molecule has 1 aromatic heterocycles. The number of hydrogen-bond acceptors (Lipinski definition) is 5. The zero-order chi connectivity index (χ0) is 18.5. The summed E-state index contributed by atoms with van der Waals surface area (Å²) in [7, 11) is 1.61. The fraction of sp³-hybridized carbons (Fsp3) is 0.250. The first-order chi connectivity index (χ1) is 12.6. The van der Waals surface area contributed by atoms with Gasteiger partial charge in [0.15, 0.2) is 0 Å². The predicted molar refractivity (Wildman–Crippen MR) is 102 cm³/mol. The molecule has 2 aromatic carbocycles. The summed E-state index contributed by atoms with van der Waals surface area (Å²) in [6.45, 7) is 2.48. The molecule has 0 saturated carbocycles. The molecule has 5 nitrogen and oxygen atoms in total. The Balaban J connectivity index is 1.78. The second-order valence-corrected chi connectivity index (χ2v) is 6.48. The molecule has 0 bridgehead atoms. The number of esters is 1. The first kappa shape index (κ1) is 18.3.